The summed E-state index contributed by atoms with van der Waals surface area (Å²) in [7, 11) is 0. The predicted octanol–water partition coefficient (Wildman–Crippen LogP) is 4.46. The number of aliphatic imine (C=N–C) groups is 1. The molecule has 31 heavy (non-hydrogen) atoms. The fourth-order valence-corrected chi connectivity index (χ4v) is 4.68. The van der Waals surface area contributed by atoms with Crippen molar-refractivity contribution in [3.63, 3.8) is 0 Å². The number of hydrogen-bond donors (Lipinski definition) is 2. The lowest BCUT2D eigenvalue weighted by molar-refractivity contribution is 0.167. The van der Waals surface area contributed by atoms with E-state index in [-0.39, 0.29) is 24.0 Å². The van der Waals surface area contributed by atoms with Gasteiger partial charge in [0.05, 0.1) is 6.54 Å². The van der Waals surface area contributed by atoms with Crippen molar-refractivity contribution in [3.05, 3.63) is 35.4 Å². The van der Waals surface area contributed by atoms with Crippen LogP contribution in [0.1, 0.15) is 64.5 Å². The van der Waals surface area contributed by atoms with Crippen LogP contribution in [0.25, 0.3) is 0 Å². The quantitative estimate of drug-likeness (QED) is 0.304. The van der Waals surface area contributed by atoms with Crippen LogP contribution >= 0.6 is 24.0 Å². The smallest absolute Gasteiger partial charge is 0.191 e. The number of halogens is 1. The van der Waals surface area contributed by atoms with Crippen molar-refractivity contribution < 1.29 is 0 Å². The molecule has 2 aliphatic rings. The molecule has 0 saturated carbocycles. The first-order chi connectivity index (χ1) is 14.5. The fraction of sp³-hybridized carbons (Fsp3) is 0.720. The van der Waals surface area contributed by atoms with Gasteiger partial charge in [0.25, 0.3) is 0 Å². The Bertz CT molecular complexity index is 652. The van der Waals surface area contributed by atoms with Crippen molar-refractivity contribution in [2.24, 2.45) is 10.9 Å². The third kappa shape index (κ3) is 8.89. The van der Waals surface area contributed by atoms with E-state index in [9.17, 15) is 0 Å². The van der Waals surface area contributed by atoms with Crippen LogP contribution in [0.2, 0.25) is 0 Å². The number of likely N-dealkylation sites (tertiary alicyclic amines) is 2. The van der Waals surface area contributed by atoms with Gasteiger partial charge in [-0.1, -0.05) is 31.2 Å². The van der Waals surface area contributed by atoms with E-state index < -0.39 is 0 Å². The van der Waals surface area contributed by atoms with Crippen molar-refractivity contribution in [2.75, 3.05) is 32.7 Å². The van der Waals surface area contributed by atoms with Crippen LogP contribution < -0.4 is 10.6 Å². The van der Waals surface area contributed by atoms with Crippen LogP contribution in [-0.4, -0.2) is 60.6 Å². The molecule has 2 aliphatic heterocycles. The zero-order valence-electron chi connectivity index (χ0n) is 20.1. The highest BCUT2D eigenvalue weighted by atomic mass is 127. The number of nitrogens with one attached hydrogen (secondary N) is 2. The van der Waals surface area contributed by atoms with Crippen molar-refractivity contribution in [3.8, 4) is 0 Å². The molecule has 1 unspecified atom stereocenters. The van der Waals surface area contributed by atoms with Crippen LogP contribution in [0.5, 0.6) is 0 Å². The third-order valence-electron chi connectivity index (χ3n) is 6.53. The van der Waals surface area contributed by atoms with Crippen molar-refractivity contribution in [1.29, 1.82) is 0 Å². The van der Waals surface area contributed by atoms with E-state index in [1.54, 1.807) is 0 Å². The third-order valence-corrected chi connectivity index (χ3v) is 6.53. The Kier molecular flexibility index (Phi) is 11.6. The Hall–Kier alpha value is -0.860. The summed E-state index contributed by atoms with van der Waals surface area (Å²) < 4.78 is 0. The number of rotatable bonds is 7. The van der Waals surface area contributed by atoms with Crippen LogP contribution in [0, 0.1) is 5.92 Å². The summed E-state index contributed by atoms with van der Waals surface area (Å²) in [5.74, 6) is 1.79. The molecule has 2 N–H and O–H groups in total. The number of hydrogen-bond acceptors (Lipinski definition) is 3. The molecule has 0 spiro atoms. The van der Waals surface area contributed by atoms with Gasteiger partial charge >= 0.3 is 0 Å². The second-order valence-corrected chi connectivity index (χ2v) is 9.54. The first kappa shape index (κ1) is 26.4. The van der Waals surface area contributed by atoms with Crippen molar-refractivity contribution >= 4 is 29.9 Å². The lowest BCUT2D eigenvalue weighted by Gasteiger charge is -2.35. The van der Waals surface area contributed by atoms with Crippen LogP contribution in [0.15, 0.2) is 29.3 Å². The molecule has 2 fully saturated rings. The van der Waals surface area contributed by atoms with Crippen LogP contribution in [0.4, 0.5) is 0 Å². The number of piperidine rings is 2. The zero-order valence-corrected chi connectivity index (χ0v) is 22.4. The standard InChI is InChI=1S/C25H43N5.HI/c1-5-26-25(28-24-12-15-30(16-13-24)20(2)3)27-17-22-8-10-23(11-9-22)19-29-14-6-7-21(4)18-29;/h8-11,20-21,24H,5-7,12-19H2,1-4H3,(H2,26,27,28);1H. The highest BCUT2D eigenvalue weighted by molar-refractivity contribution is 14.0. The van der Waals surface area contributed by atoms with E-state index in [1.165, 1.54) is 63.0 Å². The molecule has 0 amide bonds. The number of benzene rings is 1. The molecule has 1 aromatic rings. The van der Waals surface area contributed by atoms with Crippen LogP contribution in [-0.2, 0) is 13.1 Å². The molecule has 176 valence electrons. The molecule has 6 heteroatoms. The van der Waals surface area contributed by atoms with E-state index >= 15 is 0 Å². The lowest BCUT2D eigenvalue weighted by Crippen LogP contribution is -2.49. The summed E-state index contributed by atoms with van der Waals surface area (Å²) in [5.41, 5.74) is 2.69. The molecule has 0 aromatic heterocycles. The molecule has 1 atom stereocenters. The molecule has 0 aliphatic carbocycles. The normalized spacial score (nSPS) is 21.7. The molecule has 3 rings (SSSR count). The summed E-state index contributed by atoms with van der Waals surface area (Å²) in [5, 5.41) is 7.08. The van der Waals surface area contributed by atoms with Gasteiger partial charge in [-0.2, -0.15) is 0 Å². The number of nitrogens with zero attached hydrogens (tertiary/aromatic N) is 3. The number of guanidine groups is 1. The van der Waals surface area contributed by atoms with Gasteiger partial charge in [-0.25, -0.2) is 4.99 Å². The van der Waals surface area contributed by atoms with Gasteiger partial charge in [-0.15, -0.1) is 24.0 Å². The molecule has 5 nitrogen and oxygen atoms in total. The summed E-state index contributed by atoms with van der Waals surface area (Å²) in [6.07, 6.45) is 5.09. The van der Waals surface area contributed by atoms with Gasteiger partial charge in [0.1, 0.15) is 0 Å². The monoisotopic (exact) mass is 541 g/mol. The van der Waals surface area contributed by atoms with Crippen molar-refractivity contribution in [1.82, 2.24) is 20.4 Å². The average molecular weight is 542 g/mol. The summed E-state index contributed by atoms with van der Waals surface area (Å²) in [6.45, 7) is 16.6. The van der Waals surface area contributed by atoms with Gasteiger partial charge in [-0.05, 0) is 70.0 Å². The molecule has 0 bridgehead atoms. The molecule has 2 heterocycles. The van der Waals surface area contributed by atoms with E-state index in [4.69, 9.17) is 4.99 Å². The minimum atomic E-state index is 0. The van der Waals surface area contributed by atoms with Gasteiger partial charge in [0, 0.05) is 44.8 Å². The molecule has 1 aromatic carbocycles. The molecule has 0 radical (unpaired) electrons. The van der Waals surface area contributed by atoms with Gasteiger partial charge in [0.15, 0.2) is 5.96 Å². The summed E-state index contributed by atoms with van der Waals surface area (Å²) >= 11 is 0. The Morgan fingerprint density at radius 3 is 2.35 bits per heavy atom. The second kappa shape index (κ2) is 13.6. The largest absolute Gasteiger partial charge is 0.357 e. The van der Waals surface area contributed by atoms with Gasteiger partial charge < -0.3 is 15.5 Å². The van der Waals surface area contributed by atoms with Gasteiger partial charge in [0.2, 0.25) is 0 Å². The van der Waals surface area contributed by atoms with Crippen LogP contribution in [0.3, 0.4) is 0 Å². The minimum absolute atomic E-state index is 0. The molecule has 2 saturated heterocycles. The topological polar surface area (TPSA) is 42.9 Å². The first-order valence-electron chi connectivity index (χ1n) is 12.1. The lowest BCUT2D eigenvalue weighted by atomic mass is 9.99. The Labute approximate surface area is 207 Å². The fourth-order valence-electron chi connectivity index (χ4n) is 4.68. The Morgan fingerprint density at radius 1 is 1.06 bits per heavy atom. The Morgan fingerprint density at radius 2 is 1.74 bits per heavy atom. The van der Waals surface area contributed by atoms with Crippen molar-refractivity contribution in [2.45, 2.75) is 78.6 Å². The van der Waals surface area contributed by atoms with E-state index in [1.807, 2.05) is 0 Å². The highest BCUT2D eigenvalue weighted by Gasteiger charge is 2.21. The SMILES string of the molecule is CCNC(=NCc1ccc(CN2CCCC(C)C2)cc1)NC1CCN(C(C)C)CC1.I. The maximum atomic E-state index is 4.86. The second-order valence-electron chi connectivity index (χ2n) is 9.54. The van der Waals surface area contributed by atoms with E-state index in [0.717, 1.165) is 31.5 Å². The highest BCUT2D eigenvalue weighted by Crippen LogP contribution is 2.18. The summed E-state index contributed by atoms with van der Waals surface area (Å²) in [6, 6.07) is 10.2. The minimum Gasteiger partial charge on any atom is -0.357 e. The van der Waals surface area contributed by atoms with E-state index in [0.29, 0.717) is 12.1 Å². The first-order valence-corrected chi connectivity index (χ1v) is 12.1. The van der Waals surface area contributed by atoms with Gasteiger partial charge in [-0.3, -0.25) is 4.90 Å². The maximum Gasteiger partial charge on any atom is 0.191 e. The maximum absolute atomic E-state index is 4.86. The average Bonchev–Trinajstić information content (AvgIpc) is 2.74. The summed E-state index contributed by atoms with van der Waals surface area (Å²) in [4.78, 5) is 10.0. The molecular formula is C25H44IN5. The Balaban J connectivity index is 0.00000341. The zero-order chi connectivity index (χ0) is 21.3. The molecular weight excluding hydrogens is 497 g/mol. The van der Waals surface area contributed by atoms with E-state index in [2.05, 4.69) is 72.4 Å². The predicted molar refractivity (Wildman–Crippen MR) is 143 cm³/mol.